The van der Waals surface area contributed by atoms with Crippen molar-refractivity contribution in [3.63, 3.8) is 0 Å². The number of aliphatic hydroxyl groups is 1. The van der Waals surface area contributed by atoms with Crippen LogP contribution in [0.15, 0.2) is 36.7 Å². The van der Waals surface area contributed by atoms with Crippen LogP contribution in [0.5, 0.6) is 0 Å². The highest BCUT2D eigenvalue weighted by molar-refractivity contribution is 5.37. The Kier molecular flexibility index (Phi) is 3.20. The molecular formula is C14H14FNO. The summed E-state index contributed by atoms with van der Waals surface area (Å²) < 4.78 is 13.0. The highest BCUT2D eigenvalue weighted by Crippen LogP contribution is 2.26. The van der Waals surface area contributed by atoms with E-state index in [1.54, 1.807) is 31.5 Å². The van der Waals surface area contributed by atoms with Crippen molar-refractivity contribution < 1.29 is 9.50 Å². The number of rotatable bonds is 2. The van der Waals surface area contributed by atoms with Gasteiger partial charge in [-0.3, -0.25) is 4.98 Å². The molecule has 2 aromatic rings. The first-order valence-electron chi connectivity index (χ1n) is 5.44. The Morgan fingerprint density at radius 1 is 1.12 bits per heavy atom. The summed E-state index contributed by atoms with van der Waals surface area (Å²) in [6.45, 7) is 3.68. The van der Waals surface area contributed by atoms with E-state index in [0.717, 1.165) is 22.3 Å². The number of aromatic nitrogens is 1. The highest BCUT2D eigenvalue weighted by atomic mass is 19.1. The van der Waals surface area contributed by atoms with E-state index in [1.807, 2.05) is 6.92 Å². The van der Waals surface area contributed by atoms with Crippen molar-refractivity contribution in [1.29, 1.82) is 0 Å². The maximum Gasteiger partial charge on any atom is 0.123 e. The van der Waals surface area contributed by atoms with Crippen LogP contribution < -0.4 is 0 Å². The molecule has 1 heterocycles. The molecule has 0 fully saturated rings. The van der Waals surface area contributed by atoms with Crippen LogP contribution in [0.2, 0.25) is 0 Å². The molecule has 3 heteroatoms. The van der Waals surface area contributed by atoms with Gasteiger partial charge in [0.15, 0.2) is 0 Å². The second-order valence-corrected chi connectivity index (χ2v) is 4.14. The molecule has 2 rings (SSSR count). The van der Waals surface area contributed by atoms with Gasteiger partial charge in [0.1, 0.15) is 11.9 Å². The summed E-state index contributed by atoms with van der Waals surface area (Å²) in [6.07, 6.45) is 2.61. The topological polar surface area (TPSA) is 33.1 Å². The summed E-state index contributed by atoms with van der Waals surface area (Å²) in [5, 5.41) is 10.3. The summed E-state index contributed by atoms with van der Waals surface area (Å²) in [5.41, 5.74) is 3.19. The van der Waals surface area contributed by atoms with Crippen LogP contribution in [-0.2, 0) is 0 Å². The number of hydrogen-bond donors (Lipinski definition) is 1. The van der Waals surface area contributed by atoms with Gasteiger partial charge in [-0.1, -0.05) is 6.07 Å². The molecule has 0 aliphatic heterocycles. The maximum atomic E-state index is 13.0. The molecule has 1 aromatic heterocycles. The Bertz CT molecular complexity index is 539. The number of nitrogens with zero attached hydrogens (tertiary/aromatic N) is 1. The monoisotopic (exact) mass is 231 g/mol. The van der Waals surface area contributed by atoms with Crippen molar-refractivity contribution in [3.05, 3.63) is 64.7 Å². The minimum absolute atomic E-state index is 0.287. The van der Waals surface area contributed by atoms with Crippen LogP contribution in [0.3, 0.4) is 0 Å². The Morgan fingerprint density at radius 3 is 2.47 bits per heavy atom. The van der Waals surface area contributed by atoms with E-state index >= 15 is 0 Å². The zero-order valence-electron chi connectivity index (χ0n) is 9.81. The van der Waals surface area contributed by atoms with Crippen LogP contribution >= 0.6 is 0 Å². The molecule has 0 saturated carbocycles. The zero-order valence-corrected chi connectivity index (χ0v) is 9.81. The van der Waals surface area contributed by atoms with E-state index in [0.29, 0.717) is 0 Å². The molecule has 2 nitrogen and oxygen atoms in total. The summed E-state index contributed by atoms with van der Waals surface area (Å²) in [4.78, 5) is 3.99. The average molecular weight is 231 g/mol. The molecule has 1 aromatic carbocycles. The number of benzene rings is 1. The molecule has 0 saturated heterocycles. The van der Waals surface area contributed by atoms with Crippen molar-refractivity contribution in [2.24, 2.45) is 0 Å². The lowest BCUT2D eigenvalue weighted by Crippen LogP contribution is -2.04. The summed E-state index contributed by atoms with van der Waals surface area (Å²) in [6, 6.07) is 6.19. The van der Waals surface area contributed by atoms with Gasteiger partial charge in [0, 0.05) is 12.4 Å². The lowest BCUT2D eigenvalue weighted by molar-refractivity contribution is 0.218. The molecule has 1 atom stereocenters. The Labute approximate surface area is 99.8 Å². The molecule has 0 bridgehead atoms. The SMILES string of the molecule is Cc1cnccc1C(O)c1ccc(F)cc1C. The van der Waals surface area contributed by atoms with Gasteiger partial charge in [0.05, 0.1) is 0 Å². The smallest absolute Gasteiger partial charge is 0.123 e. The van der Waals surface area contributed by atoms with Gasteiger partial charge >= 0.3 is 0 Å². The van der Waals surface area contributed by atoms with E-state index in [2.05, 4.69) is 4.98 Å². The van der Waals surface area contributed by atoms with E-state index in [4.69, 9.17) is 0 Å². The second kappa shape index (κ2) is 4.63. The van der Waals surface area contributed by atoms with Crippen LogP contribution in [0.25, 0.3) is 0 Å². The van der Waals surface area contributed by atoms with Crippen molar-refractivity contribution >= 4 is 0 Å². The minimum Gasteiger partial charge on any atom is -0.384 e. The highest BCUT2D eigenvalue weighted by Gasteiger charge is 2.15. The fourth-order valence-corrected chi connectivity index (χ4v) is 1.90. The van der Waals surface area contributed by atoms with Gasteiger partial charge in [-0.05, 0) is 54.3 Å². The number of aliphatic hydroxyl groups excluding tert-OH is 1. The van der Waals surface area contributed by atoms with Crippen molar-refractivity contribution in [2.75, 3.05) is 0 Å². The largest absolute Gasteiger partial charge is 0.384 e. The van der Waals surface area contributed by atoms with Crippen LogP contribution in [0.4, 0.5) is 4.39 Å². The molecule has 0 amide bonds. The molecular weight excluding hydrogens is 217 g/mol. The minimum atomic E-state index is -0.737. The Balaban J connectivity index is 2.44. The molecule has 88 valence electrons. The van der Waals surface area contributed by atoms with E-state index in [9.17, 15) is 9.50 Å². The fraction of sp³-hybridized carbons (Fsp3) is 0.214. The maximum absolute atomic E-state index is 13.0. The predicted molar refractivity (Wildman–Crippen MR) is 64.2 cm³/mol. The first-order valence-corrected chi connectivity index (χ1v) is 5.44. The molecule has 1 N–H and O–H groups in total. The zero-order chi connectivity index (χ0) is 12.4. The number of hydrogen-bond acceptors (Lipinski definition) is 2. The quantitative estimate of drug-likeness (QED) is 0.862. The van der Waals surface area contributed by atoms with Crippen molar-refractivity contribution in [3.8, 4) is 0 Å². The molecule has 0 radical (unpaired) electrons. The molecule has 0 aliphatic carbocycles. The Morgan fingerprint density at radius 2 is 1.82 bits per heavy atom. The van der Waals surface area contributed by atoms with Gasteiger partial charge in [0.25, 0.3) is 0 Å². The summed E-state index contributed by atoms with van der Waals surface area (Å²) in [5.74, 6) is -0.287. The third-order valence-electron chi connectivity index (χ3n) is 2.88. The van der Waals surface area contributed by atoms with Crippen LogP contribution in [0, 0.1) is 19.7 Å². The van der Waals surface area contributed by atoms with Crippen LogP contribution in [-0.4, -0.2) is 10.1 Å². The number of aryl methyl sites for hydroxylation is 2. The third-order valence-corrected chi connectivity index (χ3v) is 2.88. The second-order valence-electron chi connectivity index (χ2n) is 4.14. The summed E-state index contributed by atoms with van der Waals surface area (Å²) in [7, 11) is 0. The van der Waals surface area contributed by atoms with Gasteiger partial charge in [-0.25, -0.2) is 4.39 Å². The molecule has 0 aliphatic rings. The fourth-order valence-electron chi connectivity index (χ4n) is 1.90. The molecule has 0 spiro atoms. The number of halogens is 1. The van der Waals surface area contributed by atoms with Gasteiger partial charge in [-0.15, -0.1) is 0 Å². The van der Waals surface area contributed by atoms with Crippen molar-refractivity contribution in [1.82, 2.24) is 4.98 Å². The average Bonchev–Trinajstić information content (AvgIpc) is 2.29. The lowest BCUT2D eigenvalue weighted by atomic mass is 9.96. The molecule has 17 heavy (non-hydrogen) atoms. The lowest BCUT2D eigenvalue weighted by Gasteiger charge is -2.15. The summed E-state index contributed by atoms with van der Waals surface area (Å²) >= 11 is 0. The van der Waals surface area contributed by atoms with Gasteiger partial charge in [0.2, 0.25) is 0 Å². The van der Waals surface area contributed by atoms with E-state index in [-0.39, 0.29) is 5.82 Å². The van der Waals surface area contributed by atoms with Crippen molar-refractivity contribution in [2.45, 2.75) is 20.0 Å². The normalized spacial score (nSPS) is 12.5. The van der Waals surface area contributed by atoms with Crippen LogP contribution in [0.1, 0.15) is 28.4 Å². The Hall–Kier alpha value is -1.74. The standard InChI is InChI=1S/C14H14FNO/c1-9-7-11(15)3-4-12(9)14(17)13-5-6-16-8-10(13)2/h3-8,14,17H,1-2H3. The predicted octanol–water partition coefficient (Wildman–Crippen LogP) is 2.92. The first kappa shape index (κ1) is 11.7. The number of pyridine rings is 1. The molecule has 1 unspecified atom stereocenters. The van der Waals surface area contributed by atoms with Gasteiger partial charge in [-0.2, -0.15) is 0 Å². The third kappa shape index (κ3) is 2.34. The van der Waals surface area contributed by atoms with Gasteiger partial charge < -0.3 is 5.11 Å². The first-order chi connectivity index (χ1) is 8.09. The van der Waals surface area contributed by atoms with E-state index < -0.39 is 6.10 Å². The van der Waals surface area contributed by atoms with E-state index in [1.165, 1.54) is 12.1 Å².